The first kappa shape index (κ1) is 22.7. The number of hydrogen-bond acceptors (Lipinski definition) is 4. The molecule has 0 bridgehead atoms. The fourth-order valence-electron chi connectivity index (χ4n) is 4.49. The van der Waals surface area contributed by atoms with Crippen molar-refractivity contribution in [3.63, 3.8) is 0 Å². The maximum Gasteiger partial charge on any atom is 0.250 e. The van der Waals surface area contributed by atoms with Gasteiger partial charge in [-0.3, -0.25) is 4.79 Å². The number of ether oxygens (including phenoxy) is 2. The Morgan fingerprint density at radius 1 is 0.939 bits per heavy atom. The van der Waals surface area contributed by atoms with Gasteiger partial charge in [-0.1, -0.05) is 60.2 Å². The van der Waals surface area contributed by atoms with Crippen LogP contribution in [-0.4, -0.2) is 31.6 Å². The van der Waals surface area contributed by atoms with Crippen LogP contribution in [0.25, 0.3) is 0 Å². The molecule has 1 N–H and O–H groups in total. The Labute approximate surface area is 196 Å². The van der Waals surface area contributed by atoms with Crippen LogP contribution in [-0.2, 0) is 4.79 Å². The van der Waals surface area contributed by atoms with Crippen LogP contribution in [0.2, 0.25) is 0 Å². The maximum absolute atomic E-state index is 14.1. The second-order valence-corrected chi connectivity index (χ2v) is 8.54. The Bertz CT molecular complexity index is 1040. The van der Waals surface area contributed by atoms with E-state index in [1.54, 1.807) is 14.2 Å². The molecule has 0 radical (unpaired) electrons. The molecule has 1 aliphatic rings. The van der Waals surface area contributed by atoms with Crippen molar-refractivity contribution in [2.45, 2.75) is 38.3 Å². The summed E-state index contributed by atoms with van der Waals surface area (Å²) in [5, 5.41) is 3.48. The molecule has 1 amide bonds. The number of piperidine rings is 1. The molecule has 1 aliphatic heterocycles. The molecule has 5 heteroatoms. The summed E-state index contributed by atoms with van der Waals surface area (Å²) in [7, 11) is 3.25. The number of aryl methyl sites for hydroxylation is 1. The van der Waals surface area contributed by atoms with E-state index in [4.69, 9.17) is 9.47 Å². The highest BCUT2D eigenvalue weighted by Crippen LogP contribution is 2.35. The van der Waals surface area contributed by atoms with Gasteiger partial charge in [0, 0.05) is 30.4 Å². The van der Waals surface area contributed by atoms with Crippen molar-refractivity contribution in [2.24, 2.45) is 0 Å². The number of rotatable bonds is 7. The lowest BCUT2D eigenvalue weighted by Crippen LogP contribution is -2.43. The molecular formula is C28H32N2O3. The fourth-order valence-corrected chi connectivity index (χ4v) is 4.49. The first-order valence-corrected chi connectivity index (χ1v) is 11.5. The molecule has 1 fully saturated rings. The van der Waals surface area contributed by atoms with Crippen molar-refractivity contribution < 1.29 is 14.3 Å². The number of likely N-dealkylation sites (tertiary alicyclic amines) is 1. The number of hydrogen-bond donors (Lipinski definition) is 1. The normalized spacial score (nSPS) is 16.7. The van der Waals surface area contributed by atoms with Gasteiger partial charge in [0.15, 0.2) is 0 Å². The molecule has 1 heterocycles. The van der Waals surface area contributed by atoms with Gasteiger partial charge in [0.2, 0.25) is 5.91 Å². The predicted molar refractivity (Wildman–Crippen MR) is 132 cm³/mol. The van der Waals surface area contributed by atoms with Crippen LogP contribution < -0.4 is 14.8 Å². The van der Waals surface area contributed by atoms with Crippen LogP contribution in [0, 0.1) is 6.92 Å². The number of benzene rings is 3. The number of methoxy groups -OCH3 is 2. The van der Waals surface area contributed by atoms with E-state index >= 15 is 0 Å². The molecule has 0 aromatic heterocycles. The second kappa shape index (κ2) is 10.4. The summed E-state index contributed by atoms with van der Waals surface area (Å²) in [6.07, 6.45) is 3.12. The van der Waals surface area contributed by atoms with Crippen LogP contribution in [0.4, 0.5) is 5.69 Å². The van der Waals surface area contributed by atoms with Crippen molar-refractivity contribution in [3.8, 4) is 11.5 Å². The van der Waals surface area contributed by atoms with E-state index in [1.807, 2.05) is 65.6 Å². The van der Waals surface area contributed by atoms with E-state index in [-0.39, 0.29) is 11.9 Å². The van der Waals surface area contributed by atoms with Gasteiger partial charge >= 0.3 is 0 Å². The number of carbonyl (C=O) groups is 1. The highest BCUT2D eigenvalue weighted by atomic mass is 16.5. The largest absolute Gasteiger partial charge is 0.497 e. The maximum atomic E-state index is 14.1. The molecule has 172 valence electrons. The Morgan fingerprint density at radius 3 is 2.24 bits per heavy atom. The van der Waals surface area contributed by atoms with Gasteiger partial charge < -0.3 is 19.7 Å². The summed E-state index contributed by atoms with van der Waals surface area (Å²) in [5.74, 6) is 1.42. The van der Waals surface area contributed by atoms with Crippen molar-refractivity contribution in [2.75, 3.05) is 26.1 Å². The van der Waals surface area contributed by atoms with Crippen LogP contribution in [0.3, 0.4) is 0 Å². The summed E-state index contributed by atoms with van der Waals surface area (Å²) >= 11 is 0. The lowest BCUT2D eigenvalue weighted by Gasteiger charge is -2.38. The third kappa shape index (κ3) is 5.30. The molecule has 4 rings (SSSR count). The zero-order chi connectivity index (χ0) is 23.2. The minimum atomic E-state index is -0.522. The molecule has 33 heavy (non-hydrogen) atoms. The van der Waals surface area contributed by atoms with Gasteiger partial charge in [-0.2, -0.15) is 0 Å². The molecule has 5 nitrogen and oxygen atoms in total. The third-order valence-corrected chi connectivity index (χ3v) is 6.29. The monoisotopic (exact) mass is 444 g/mol. The lowest BCUT2D eigenvalue weighted by atomic mass is 9.93. The van der Waals surface area contributed by atoms with Crippen LogP contribution in [0.15, 0.2) is 72.8 Å². The Morgan fingerprint density at radius 2 is 1.61 bits per heavy atom. The zero-order valence-corrected chi connectivity index (χ0v) is 19.6. The number of nitrogens with zero attached hydrogens (tertiary/aromatic N) is 1. The SMILES string of the molecule is COc1cc(NC(C(=O)N2CCCCC2c2ccccc2)c2ccc(C)cc2)cc(OC)c1. The molecule has 3 aromatic rings. The van der Waals surface area contributed by atoms with Crippen LogP contribution in [0.5, 0.6) is 11.5 Å². The predicted octanol–water partition coefficient (Wildman–Crippen LogP) is 5.92. The zero-order valence-electron chi connectivity index (χ0n) is 19.6. The van der Waals surface area contributed by atoms with Crippen molar-refractivity contribution >= 4 is 11.6 Å². The third-order valence-electron chi connectivity index (χ3n) is 6.29. The van der Waals surface area contributed by atoms with Gasteiger partial charge in [0.1, 0.15) is 17.5 Å². The number of carbonyl (C=O) groups excluding carboxylic acids is 1. The first-order valence-electron chi connectivity index (χ1n) is 11.5. The van der Waals surface area contributed by atoms with Crippen LogP contribution >= 0.6 is 0 Å². The minimum Gasteiger partial charge on any atom is -0.497 e. The molecular weight excluding hydrogens is 412 g/mol. The van der Waals surface area contributed by atoms with Gasteiger partial charge in [-0.25, -0.2) is 0 Å². The average Bonchev–Trinajstić information content (AvgIpc) is 2.87. The molecule has 3 aromatic carbocycles. The van der Waals surface area contributed by atoms with E-state index in [0.29, 0.717) is 11.5 Å². The van der Waals surface area contributed by atoms with E-state index in [1.165, 1.54) is 5.56 Å². The van der Waals surface area contributed by atoms with E-state index in [9.17, 15) is 4.79 Å². The molecule has 0 saturated carbocycles. The number of amides is 1. The molecule has 1 saturated heterocycles. The second-order valence-electron chi connectivity index (χ2n) is 8.54. The smallest absolute Gasteiger partial charge is 0.250 e. The molecule has 2 atom stereocenters. The van der Waals surface area contributed by atoms with Crippen molar-refractivity contribution in [1.82, 2.24) is 4.90 Å². The van der Waals surface area contributed by atoms with Gasteiger partial charge in [-0.15, -0.1) is 0 Å². The van der Waals surface area contributed by atoms with Crippen molar-refractivity contribution in [3.05, 3.63) is 89.5 Å². The van der Waals surface area contributed by atoms with Gasteiger partial charge in [0.05, 0.1) is 20.3 Å². The quantitative estimate of drug-likeness (QED) is 0.491. The molecule has 2 unspecified atom stereocenters. The summed E-state index contributed by atoms with van der Waals surface area (Å²) in [4.78, 5) is 16.1. The van der Waals surface area contributed by atoms with Gasteiger partial charge in [0.25, 0.3) is 0 Å². The fraction of sp³-hybridized carbons (Fsp3) is 0.321. The Hall–Kier alpha value is -3.47. The summed E-state index contributed by atoms with van der Waals surface area (Å²) in [6, 6.07) is 23.7. The van der Waals surface area contributed by atoms with E-state index in [0.717, 1.165) is 42.6 Å². The summed E-state index contributed by atoms with van der Waals surface area (Å²) in [6.45, 7) is 2.81. The first-order chi connectivity index (χ1) is 16.1. The van der Waals surface area contributed by atoms with Gasteiger partial charge in [-0.05, 0) is 37.3 Å². The summed E-state index contributed by atoms with van der Waals surface area (Å²) in [5.41, 5.74) is 4.06. The topological polar surface area (TPSA) is 50.8 Å². The number of nitrogens with one attached hydrogen (secondary N) is 1. The van der Waals surface area contributed by atoms with E-state index < -0.39 is 6.04 Å². The van der Waals surface area contributed by atoms with Crippen molar-refractivity contribution in [1.29, 1.82) is 0 Å². The standard InChI is InChI=1S/C28H32N2O3/c1-20-12-14-22(15-13-20)27(29-23-17-24(32-2)19-25(18-23)33-3)28(31)30-16-8-7-11-26(30)21-9-5-4-6-10-21/h4-6,9-10,12-15,17-19,26-27,29H,7-8,11,16H2,1-3H3. The highest BCUT2D eigenvalue weighted by Gasteiger charge is 2.33. The summed E-state index contributed by atoms with van der Waals surface area (Å²) < 4.78 is 10.9. The number of anilines is 1. The Kier molecular flexibility index (Phi) is 7.18. The minimum absolute atomic E-state index is 0.0780. The highest BCUT2D eigenvalue weighted by molar-refractivity contribution is 5.87. The van der Waals surface area contributed by atoms with Crippen LogP contribution in [0.1, 0.15) is 48.0 Å². The average molecular weight is 445 g/mol. The lowest BCUT2D eigenvalue weighted by molar-refractivity contribution is -0.136. The molecule has 0 spiro atoms. The van der Waals surface area contributed by atoms with E-state index in [2.05, 4.69) is 24.4 Å². The molecule has 0 aliphatic carbocycles. The Balaban J connectivity index is 1.70.